The van der Waals surface area contributed by atoms with Gasteiger partial charge in [0.05, 0.1) is 5.69 Å². The number of alkyl halides is 3. The summed E-state index contributed by atoms with van der Waals surface area (Å²) < 4.78 is 42.9. The fourth-order valence-corrected chi connectivity index (χ4v) is 4.08. The minimum atomic E-state index is -4.79. The maximum absolute atomic E-state index is 12.9. The Morgan fingerprint density at radius 1 is 0.939 bits per heavy atom. The molecule has 0 amide bonds. The van der Waals surface area contributed by atoms with E-state index >= 15 is 0 Å². The van der Waals surface area contributed by atoms with Crippen LogP contribution < -0.4 is 9.64 Å². The van der Waals surface area contributed by atoms with Crippen molar-refractivity contribution < 1.29 is 17.9 Å². The number of nitrogens with one attached hydrogen (secondary N) is 1. The standard InChI is InChI=1S/C24H22F3N5O/c1-31-10-12-32(13-11-31)18-8-6-16(7-9-18)17-14-20-22(29-30-23(20)28-15-17)19-4-2-3-5-21(19)33-24(25,26)27/h2-9,14-15H,10-13H2,1H3,(H,28,29,30). The van der Waals surface area contributed by atoms with Gasteiger partial charge in [-0.05, 0) is 42.9 Å². The van der Waals surface area contributed by atoms with E-state index in [9.17, 15) is 13.2 Å². The topological polar surface area (TPSA) is 57.3 Å². The molecule has 1 saturated heterocycles. The predicted molar refractivity (Wildman–Crippen MR) is 121 cm³/mol. The number of para-hydroxylation sites is 1. The highest BCUT2D eigenvalue weighted by atomic mass is 19.4. The van der Waals surface area contributed by atoms with Crippen molar-refractivity contribution in [3.8, 4) is 28.1 Å². The van der Waals surface area contributed by atoms with E-state index in [2.05, 4.69) is 48.9 Å². The molecular formula is C24H22F3N5O. The Morgan fingerprint density at radius 3 is 2.39 bits per heavy atom. The Bertz CT molecular complexity index is 1260. The van der Waals surface area contributed by atoms with Crippen LogP contribution in [0.2, 0.25) is 0 Å². The van der Waals surface area contributed by atoms with E-state index in [0.717, 1.165) is 37.3 Å². The molecule has 1 fully saturated rings. The molecule has 0 atom stereocenters. The number of halogens is 3. The Kier molecular flexibility index (Phi) is 5.41. The van der Waals surface area contributed by atoms with Crippen molar-refractivity contribution in [2.24, 2.45) is 0 Å². The molecule has 0 spiro atoms. The number of H-pyrrole nitrogens is 1. The van der Waals surface area contributed by atoms with Crippen LogP contribution in [0, 0.1) is 0 Å². The average molecular weight is 453 g/mol. The lowest BCUT2D eigenvalue weighted by molar-refractivity contribution is -0.274. The highest BCUT2D eigenvalue weighted by molar-refractivity contribution is 5.94. The third-order valence-electron chi connectivity index (χ3n) is 5.86. The maximum atomic E-state index is 12.9. The molecule has 5 rings (SSSR count). The number of nitrogens with zero attached hydrogens (tertiary/aromatic N) is 4. The van der Waals surface area contributed by atoms with Gasteiger partial charge < -0.3 is 14.5 Å². The molecule has 1 aliphatic heterocycles. The van der Waals surface area contributed by atoms with Gasteiger partial charge in [0.2, 0.25) is 0 Å². The molecule has 33 heavy (non-hydrogen) atoms. The van der Waals surface area contributed by atoms with Crippen molar-refractivity contribution in [2.75, 3.05) is 38.1 Å². The van der Waals surface area contributed by atoms with Gasteiger partial charge >= 0.3 is 6.36 Å². The smallest absolute Gasteiger partial charge is 0.405 e. The van der Waals surface area contributed by atoms with Crippen molar-refractivity contribution in [1.82, 2.24) is 20.1 Å². The van der Waals surface area contributed by atoms with Crippen LogP contribution in [0.1, 0.15) is 0 Å². The Labute approximate surface area is 188 Å². The van der Waals surface area contributed by atoms with Gasteiger partial charge in [-0.15, -0.1) is 13.2 Å². The van der Waals surface area contributed by atoms with Crippen molar-refractivity contribution in [3.05, 3.63) is 60.8 Å². The summed E-state index contributed by atoms with van der Waals surface area (Å²) in [5.41, 5.74) is 4.10. The van der Waals surface area contributed by atoms with E-state index in [-0.39, 0.29) is 11.3 Å². The minimum absolute atomic E-state index is 0.265. The van der Waals surface area contributed by atoms with Gasteiger partial charge in [-0.2, -0.15) is 5.10 Å². The lowest BCUT2D eigenvalue weighted by Crippen LogP contribution is -2.44. The summed E-state index contributed by atoms with van der Waals surface area (Å²) in [4.78, 5) is 9.08. The Hall–Kier alpha value is -3.59. The lowest BCUT2D eigenvalue weighted by atomic mass is 10.0. The molecule has 0 bridgehead atoms. The zero-order valence-corrected chi connectivity index (χ0v) is 17.9. The van der Waals surface area contributed by atoms with Crippen LogP contribution in [0.4, 0.5) is 18.9 Å². The van der Waals surface area contributed by atoms with Gasteiger partial charge in [0, 0.05) is 54.6 Å². The van der Waals surface area contributed by atoms with Gasteiger partial charge in [-0.25, -0.2) is 4.98 Å². The average Bonchev–Trinajstić information content (AvgIpc) is 3.22. The van der Waals surface area contributed by atoms with Gasteiger partial charge in [-0.3, -0.25) is 5.10 Å². The molecule has 1 aliphatic rings. The maximum Gasteiger partial charge on any atom is 0.573 e. The highest BCUT2D eigenvalue weighted by Gasteiger charge is 2.32. The van der Waals surface area contributed by atoms with Gasteiger partial charge in [0.15, 0.2) is 5.65 Å². The van der Waals surface area contributed by atoms with E-state index in [1.807, 2.05) is 18.2 Å². The van der Waals surface area contributed by atoms with Gasteiger partial charge in [0.25, 0.3) is 0 Å². The molecule has 0 saturated carbocycles. The molecule has 2 aromatic carbocycles. The van der Waals surface area contributed by atoms with Crippen LogP contribution in [0.25, 0.3) is 33.4 Å². The Balaban J connectivity index is 1.47. The number of fused-ring (bicyclic) bond motifs is 1. The summed E-state index contributed by atoms with van der Waals surface area (Å²) in [5, 5.41) is 7.60. The Morgan fingerprint density at radius 2 is 1.67 bits per heavy atom. The lowest BCUT2D eigenvalue weighted by Gasteiger charge is -2.34. The third-order valence-corrected chi connectivity index (χ3v) is 5.86. The van der Waals surface area contributed by atoms with Crippen LogP contribution in [-0.2, 0) is 0 Å². The number of anilines is 1. The predicted octanol–water partition coefficient (Wildman–Crippen LogP) is 4.94. The van der Waals surface area contributed by atoms with Crippen LogP contribution in [0.3, 0.4) is 0 Å². The summed E-state index contributed by atoms with van der Waals surface area (Å²) in [7, 11) is 2.13. The summed E-state index contributed by atoms with van der Waals surface area (Å²) in [6.07, 6.45) is -3.07. The fraction of sp³-hybridized carbons (Fsp3) is 0.250. The number of pyridine rings is 1. The van der Waals surface area contributed by atoms with Crippen molar-refractivity contribution in [1.29, 1.82) is 0 Å². The van der Waals surface area contributed by atoms with E-state index in [1.54, 1.807) is 18.3 Å². The second kappa shape index (κ2) is 8.40. The number of benzene rings is 2. The molecular weight excluding hydrogens is 431 g/mol. The molecule has 9 heteroatoms. The van der Waals surface area contributed by atoms with Crippen LogP contribution in [0.15, 0.2) is 60.8 Å². The normalized spacial score (nSPS) is 15.2. The second-order valence-electron chi connectivity index (χ2n) is 8.07. The van der Waals surface area contributed by atoms with E-state index in [4.69, 9.17) is 0 Å². The van der Waals surface area contributed by atoms with E-state index < -0.39 is 6.36 Å². The first-order chi connectivity index (χ1) is 15.9. The van der Waals surface area contributed by atoms with Crippen molar-refractivity contribution >= 4 is 16.7 Å². The van der Waals surface area contributed by atoms with E-state index in [0.29, 0.717) is 16.7 Å². The number of piperazine rings is 1. The van der Waals surface area contributed by atoms with Crippen LogP contribution in [0.5, 0.6) is 5.75 Å². The zero-order chi connectivity index (χ0) is 23.0. The molecule has 170 valence electrons. The SMILES string of the molecule is CN1CCN(c2ccc(-c3cnc4n[nH]c(-c5ccccc5OC(F)(F)F)c4c3)cc2)CC1. The summed E-state index contributed by atoms with van der Waals surface area (Å²) in [6.45, 7) is 4.04. The third kappa shape index (κ3) is 4.49. The first kappa shape index (κ1) is 21.3. The summed E-state index contributed by atoms with van der Waals surface area (Å²) >= 11 is 0. The minimum Gasteiger partial charge on any atom is -0.405 e. The fourth-order valence-electron chi connectivity index (χ4n) is 4.08. The van der Waals surface area contributed by atoms with Crippen molar-refractivity contribution in [2.45, 2.75) is 6.36 Å². The first-order valence-corrected chi connectivity index (χ1v) is 10.6. The number of aromatic amines is 1. The quantitative estimate of drug-likeness (QED) is 0.474. The summed E-state index contributed by atoms with van der Waals surface area (Å²) in [5.74, 6) is -0.294. The van der Waals surface area contributed by atoms with Gasteiger partial charge in [0.1, 0.15) is 5.75 Å². The monoisotopic (exact) mass is 453 g/mol. The highest BCUT2D eigenvalue weighted by Crippen LogP contribution is 2.37. The molecule has 0 aliphatic carbocycles. The number of hydrogen-bond donors (Lipinski definition) is 1. The number of hydrogen-bond acceptors (Lipinski definition) is 5. The molecule has 4 aromatic rings. The number of rotatable bonds is 4. The molecule has 2 aromatic heterocycles. The van der Waals surface area contributed by atoms with Gasteiger partial charge in [-0.1, -0.05) is 24.3 Å². The van der Waals surface area contributed by atoms with E-state index in [1.165, 1.54) is 17.8 Å². The molecule has 3 heterocycles. The second-order valence-corrected chi connectivity index (χ2v) is 8.07. The molecule has 0 unspecified atom stereocenters. The largest absolute Gasteiger partial charge is 0.573 e. The zero-order valence-electron chi connectivity index (χ0n) is 17.9. The molecule has 0 radical (unpaired) electrons. The van der Waals surface area contributed by atoms with Crippen LogP contribution in [-0.4, -0.2) is 59.7 Å². The number of likely N-dealkylation sites (N-methyl/N-ethyl adjacent to an activating group) is 1. The molecule has 1 N–H and O–H groups in total. The van der Waals surface area contributed by atoms with Crippen molar-refractivity contribution in [3.63, 3.8) is 0 Å². The van der Waals surface area contributed by atoms with Crippen LogP contribution >= 0.6 is 0 Å². The number of ether oxygens (including phenoxy) is 1. The molecule has 6 nitrogen and oxygen atoms in total. The summed E-state index contributed by atoms with van der Waals surface area (Å²) in [6, 6.07) is 16.1. The number of aromatic nitrogens is 3. The first-order valence-electron chi connectivity index (χ1n) is 10.6.